The molecule has 1 atom stereocenters. The highest BCUT2D eigenvalue weighted by Crippen LogP contribution is 2.30. The minimum absolute atomic E-state index is 0.180. The number of para-hydroxylation sites is 1. The highest BCUT2D eigenvalue weighted by atomic mass is 127. The van der Waals surface area contributed by atoms with Crippen molar-refractivity contribution in [2.24, 2.45) is 0 Å². The van der Waals surface area contributed by atoms with Crippen LogP contribution in [0.4, 0.5) is 0 Å². The number of nitrogens with one attached hydrogen (secondary N) is 1. The molecule has 7 nitrogen and oxygen atoms in total. The predicted molar refractivity (Wildman–Crippen MR) is 115 cm³/mol. The van der Waals surface area contributed by atoms with Gasteiger partial charge in [-0.25, -0.2) is 9.78 Å². The van der Waals surface area contributed by atoms with Crippen LogP contribution in [0.25, 0.3) is 0 Å². The minimum Gasteiger partial charge on any atom is -0.534 e. The average molecular weight is 514 g/mol. The molecule has 28 heavy (non-hydrogen) atoms. The third-order valence-corrected chi connectivity index (χ3v) is 5.85. The summed E-state index contributed by atoms with van der Waals surface area (Å²) in [5.74, 6) is -0.912. The monoisotopic (exact) mass is 514 g/mol. The number of aromatic nitrogens is 1. The number of esters is 1. The summed E-state index contributed by atoms with van der Waals surface area (Å²) in [5, 5.41) is 15.9. The van der Waals surface area contributed by atoms with E-state index in [1.54, 1.807) is 18.3 Å². The van der Waals surface area contributed by atoms with Crippen LogP contribution in [0, 0.1) is 0 Å². The number of amides is 1. The van der Waals surface area contributed by atoms with Gasteiger partial charge in [-0.15, -0.1) is 11.3 Å². The van der Waals surface area contributed by atoms with E-state index in [9.17, 15) is 14.6 Å². The van der Waals surface area contributed by atoms with Gasteiger partial charge in [0.15, 0.2) is 0 Å². The summed E-state index contributed by atoms with van der Waals surface area (Å²) >= 11 is 3.72. The van der Waals surface area contributed by atoms with Crippen LogP contribution in [0.5, 0.6) is 5.75 Å². The van der Waals surface area contributed by atoms with E-state index in [1.807, 2.05) is 11.4 Å². The van der Waals surface area contributed by atoms with Crippen LogP contribution < -0.4 is 9.97 Å². The molecule has 10 heteroatoms. The lowest BCUT2D eigenvalue weighted by atomic mass is 9.72. The minimum atomic E-state index is -1.24. The number of carbonyl (C=O) groups excluding carboxylic acids is 2. The van der Waals surface area contributed by atoms with E-state index in [0.29, 0.717) is 30.8 Å². The average Bonchev–Trinajstić information content (AvgIpc) is 3.20. The number of aryl methyl sites for hydroxylation is 1. The fourth-order valence-electron chi connectivity index (χ4n) is 2.88. The lowest BCUT2D eigenvalue weighted by Gasteiger charge is -2.29. The quantitative estimate of drug-likeness (QED) is 0.185. The molecule has 2 heterocycles. The van der Waals surface area contributed by atoms with Crippen molar-refractivity contribution in [3.05, 3.63) is 45.9 Å². The van der Waals surface area contributed by atoms with Crippen molar-refractivity contribution in [3.8, 4) is 5.75 Å². The number of thiazole rings is 1. The van der Waals surface area contributed by atoms with E-state index in [-0.39, 0.29) is 12.3 Å². The molecule has 1 aliphatic heterocycles. The van der Waals surface area contributed by atoms with E-state index in [4.69, 9.17) is 9.39 Å². The number of alkyl halides is 1. The van der Waals surface area contributed by atoms with E-state index < -0.39 is 19.0 Å². The van der Waals surface area contributed by atoms with Crippen molar-refractivity contribution in [3.63, 3.8) is 0 Å². The SMILES string of the molecule is O=C(CCc1nccs1)N[C@H]1Cc2cccc(C(=O)OCCCI)c2OB1O. The zero-order chi connectivity index (χ0) is 19.9. The lowest BCUT2D eigenvalue weighted by molar-refractivity contribution is -0.121. The number of carbonyl (C=O) groups is 2. The molecular formula is C18H20BIN2O5S. The second kappa shape index (κ2) is 10.2. The summed E-state index contributed by atoms with van der Waals surface area (Å²) in [6.45, 7) is 0.339. The number of rotatable bonds is 8. The summed E-state index contributed by atoms with van der Waals surface area (Å²) in [7, 11) is -1.24. The third-order valence-electron chi connectivity index (χ3n) is 4.25. The standard InChI is InChI=1S/C18H20BIN2O5S/c20-7-2-9-26-18(24)13-4-1-3-12-11-14(19(25)27-17(12)13)22-15(23)5-6-16-21-8-10-28-16/h1,3-4,8,10,14,25H,2,5-7,9,11H2,(H,22,23)/t14-/m0/s1. The van der Waals surface area contributed by atoms with Crippen molar-refractivity contribution in [2.45, 2.75) is 31.6 Å². The van der Waals surface area contributed by atoms with Crippen molar-refractivity contribution < 1.29 is 24.0 Å². The molecule has 2 N–H and O–H groups in total. The maximum absolute atomic E-state index is 12.3. The molecule has 0 radical (unpaired) electrons. The molecule has 0 aliphatic carbocycles. The van der Waals surface area contributed by atoms with Gasteiger partial charge >= 0.3 is 13.1 Å². The largest absolute Gasteiger partial charge is 0.547 e. The van der Waals surface area contributed by atoms with E-state index in [0.717, 1.165) is 21.4 Å². The van der Waals surface area contributed by atoms with Gasteiger partial charge in [0.05, 0.1) is 17.6 Å². The van der Waals surface area contributed by atoms with E-state index in [2.05, 4.69) is 32.9 Å². The van der Waals surface area contributed by atoms with Crippen LogP contribution in [0.3, 0.4) is 0 Å². The topological polar surface area (TPSA) is 97.8 Å². The number of benzene rings is 1. The third kappa shape index (κ3) is 5.45. The Labute approximate surface area is 181 Å². The van der Waals surface area contributed by atoms with Crippen molar-refractivity contribution in [1.29, 1.82) is 0 Å². The van der Waals surface area contributed by atoms with Crippen LogP contribution >= 0.6 is 33.9 Å². The summed E-state index contributed by atoms with van der Waals surface area (Å²) < 4.78 is 11.7. The maximum atomic E-state index is 12.3. The zero-order valence-corrected chi connectivity index (χ0v) is 18.1. The Morgan fingerprint density at radius 3 is 3.07 bits per heavy atom. The summed E-state index contributed by atoms with van der Waals surface area (Å²) in [6.07, 6.45) is 3.69. The molecule has 1 amide bonds. The van der Waals surface area contributed by atoms with Gasteiger partial charge in [-0.1, -0.05) is 34.7 Å². The molecule has 2 aromatic rings. The molecule has 1 aromatic carbocycles. The highest BCUT2D eigenvalue weighted by molar-refractivity contribution is 14.1. The van der Waals surface area contributed by atoms with Crippen LogP contribution in [0.2, 0.25) is 0 Å². The Morgan fingerprint density at radius 2 is 2.32 bits per heavy atom. The molecular weight excluding hydrogens is 494 g/mol. The first-order valence-electron chi connectivity index (χ1n) is 8.96. The smallest absolute Gasteiger partial charge is 0.534 e. The molecule has 1 aromatic heterocycles. The van der Waals surface area contributed by atoms with Crippen LogP contribution in [-0.2, 0) is 22.4 Å². The Kier molecular flexibility index (Phi) is 7.69. The van der Waals surface area contributed by atoms with Gasteiger partial charge in [0.1, 0.15) is 11.3 Å². The zero-order valence-electron chi connectivity index (χ0n) is 15.1. The second-order valence-electron chi connectivity index (χ2n) is 6.28. The molecule has 148 valence electrons. The number of nitrogens with zero attached hydrogens (tertiary/aromatic N) is 1. The molecule has 0 bridgehead atoms. The molecule has 0 saturated heterocycles. The lowest BCUT2D eigenvalue weighted by Crippen LogP contribution is -2.53. The number of ether oxygens (including phenoxy) is 1. The van der Waals surface area contributed by atoms with E-state index in [1.165, 1.54) is 11.3 Å². The molecule has 0 saturated carbocycles. The molecule has 0 spiro atoms. The number of halogens is 1. The molecule has 1 aliphatic rings. The first kappa shape index (κ1) is 21.1. The number of hydrogen-bond donors (Lipinski definition) is 2. The Balaban J connectivity index is 1.61. The van der Waals surface area contributed by atoms with Gasteiger partial charge in [-0.05, 0) is 24.5 Å². The fraction of sp³-hybridized carbons (Fsp3) is 0.389. The molecule has 0 fully saturated rings. The number of hydrogen-bond acceptors (Lipinski definition) is 7. The first-order valence-corrected chi connectivity index (χ1v) is 11.4. The molecule has 0 unspecified atom stereocenters. The predicted octanol–water partition coefficient (Wildman–Crippen LogP) is 2.20. The Morgan fingerprint density at radius 1 is 1.46 bits per heavy atom. The summed E-state index contributed by atoms with van der Waals surface area (Å²) in [6, 6.07) is 5.18. The summed E-state index contributed by atoms with van der Waals surface area (Å²) in [4.78, 5) is 28.7. The van der Waals surface area contributed by atoms with Gasteiger partial charge in [0, 0.05) is 28.8 Å². The first-order chi connectivity index (χ1) is 13.6. The van der Waals surface area contributed by atoms with Gasteiger partial charge < -0.3 is 19.7 Å². The van der Waals surface area contributed by atoms with Gasteiger partial charge in [-0.3, -0.25) is 4.79 Å². The van der Waals surface area contributed by atoms with Crippen molar-refractivity contribution >= 4 is 52.9 Å². The van der Waals surface area contributed by atoms with Gasteiger partial charge in [0.2, 0.25) is 5.91 Å². The van der Waals surface area contributed by atoms with Crippen molar-refractivity contribution in [2.75, 3.05) is 11.0 Å². The van der Waals surface area contributed by atoms with Gasteiger partial charge in [0.25, 0.3) is 0 Å². The molecule has 3 rings (SSSR count). The summed E-state index contributed by atoms with van der Waals surface area (Å²) in [5.41, 5.74) is 1.04. The van der Waals surface area contributed by atoms with Crippen LogP contribution in [0.15, 0.2) is 29.8 Å². The van der Waals surface area contributed by atoms with Crippen molar-refractivity contribution in [1.82, 2.24) is 10.3 Å². The Bertz CT molecular complexity index is 820. The highest BCUT2D eigenvalue weighted by Gasteiger charge is 2.37. The normalized spacial score (nSPS) is 15.5. The van der Waals surface area contributed by atoms with Gasteiger partial charge in [-0.2, -0.15) is 0 Å². The van der Waals surface area contributed by atoms with Crippen LogP contribution in [-0.4, -0.2) is 46.0 Å². The van der Waals surface area contributed by atoms with Crippen LogP contribution in [0.1, 0.15) is 33.8 Å². The van der Waals surface area contributed by atoms with E-state index >= 15 is 0 Å². The maximum Gasteiger partial charge on any atom is 0.547 e. The second-order valence-corrected chi connectivity index (χ2v) is 8.34. The number of fused-ring (bicyclic) bond motifs is 1. The fourth-order valence-corrected chi connectivity index (χ4v) is 3.81. The Hall–Kier alpha value is -1.66.